The molecule has 0 radical (unpaired) electrons. The van der Waals surface area contributed by atoms with Crippen LogP contribution in [0.25, 0.3) is 0 Å². The molecule has 0 aromatic heterocycles. The topological polar surface area (TPSA) is 75.3 Å². The molecule has 1 aliphatic rings. The van der Waals surface area contributed by atoms with E-state index in [2.05, 4.69) is 10.0 Å². The molecular weight excluding hydrogens is 288 g/mol. The van der Waals surface area contributed by atoms with Gasteiger partial charge in [0.2, 0.25) is 10.0 Å². The minimum Gasteiger partial charge on any atom is -0.349 e. The standard InChI is InChI=1S/C15H22N2O3S/c1-2-16-21(19,20)14-10-8-12(9-11-14)15(18)17-13-6-4-3-5-7-13/h8-11,13,16H,2-7H2,1H3,(H,17,18). The summed E-state index contributed by atoms with van der Waals surface area (Å²) in [5.41, 5.74) is 0.496. The van der Waals surface area contributed by atoms with Crippen molar-refractivity contribution in [1.82, 2.24) is 10.0 Å². The molecule has 0 unspecified atom stereocenters. The van der Waals surface area contributed by atoms with Gasteiger partial charge >= 0.3 is 0 Å². The van der Waals surface area contributed by atoms with Crippen LogP contribution in [0.3, 0.4) is 0 Å². The van der Waals surface area contributed by atoms with E-state index in [1.807, 2.05) is 0 Å². The van der Waals surface area contributed by atoms with Crippen LogP contribution in [-0.4, -0.2) is 26.9 Å². The summed E-state index contributed by atoms with van der Waals surface area (Å²) in [6, 6.07) is 6.29. The zero-order valence-electron chi connectivity index (χ0n) is 12.3. The largest absolute Gasteiger partial charge is 0.349 e. The average Bonchev–Trinajstić information content (AvgIpc) is 2.48. The third-order valence-corrected chi connectivity index (χ3v) is 5.26. The van der Waals surface area contributed by atoms with Crippen molar-refractivity contribution in [1.29, 1.82) is 0 Å². The van der Waals surface area contributed by atoms with E-state index >= 15 is 0 Å². The lowest BCUT2D eigenvalue weighted by atomic mass is 9.95. The molecule has 0 aliphatic heterocycles. The number of amides is 1. The van der Waals surface area contributed by atoms with Crippen LogP contribution < -0.4 is 10.0 Å². The maximum Gasteiger partial charge on any atom is 0.251 e. The van der Waals surface area contributed by atoms with E-state index in [1.165, 1.54) is 18.6 Å². The molecule has 1 fully saturated rings. The molecule has 0 spiro atoms. The molecule has 21 heavy (non-hydrogen) atoms. The van der Waals surface area contributed by atoms with Gasteiger partial charge in [0.1, 0.15) is 0 Å². The van der Waals surface area contributed by atoms with E-state index in [9.17, 15) is 13.2 Å². The first kappa shape index (κ1) is 16.0. The highest BCUT2D eigenvalue weighted by molar-refractivity contribution is 7.89. The zero-order chi connectivity index (χ0) is 15.3. The Labute approximate surface area is 126 Å². The van der Waals surface area contributed by atoms with Gasteiger partial charge < -0.3 is 5.32 Å². The maximum atomic E-state index is 12.1. The summed E-state index contributed by atoms with van der Waals surface area (Å²) in [6.07, 6.45) is 5.61. The molecule has 2 N–H and O–H groups in total. The van der Waals surface area contributed by atoms with E-state index in [4.69, 9.17) is 0 Å². The van der Waals surface area contributed by atoms with Crippen molar-refractivity contribution >= 4 is 15.9 Å². The van der Waals surface area contributed by atoms with Crippen LogP contribution in [0.2, 0.25) is 0 Å². The highest BCUT2D eigenvalue weighted by Crippen LogP contribution is 2.18. The van der Waals surface area contributed by atoms with Crippen molar-refractivity contribution < 1.29 is 13.2 Å². The molecule has 1 amide bonds. The molecule has 116 valence electrons. The Kier molecular flexibility index (Phi) is 5.36. The van der Waals surface area contributed by atoms with Crippen molar-refractivity contribution in [2.75, 3.05) is 6.54 Å². The number of sulfonamides is 1. The number of hydrogen-bond donors (Lipinski definition) is 2. The summed E-state index contributed by atoms with van der Waals surface area (Å²) in [5, 5.41) is 3.01. The Morgan fingerprint density at radius 1 is 1.14 bits per heavy atom. The van der Waals surface area contributed by atoms with E-state index in [-0.39, 0.29) is 16.8 Å². The predicted molar refractivity (Wildman–Crippen MR) is 81.6 cm³/mol. The second-order valence-corrected chi connectivity index (χ2v) is 7.10. The fraction of sp³-hybridized carbons (Fsp3) is 0.533. The molecule has 0 bridgehead atoms. The SMILES string of the molecule is CCNS(=O)(=O)c1ccc(C(=O)NC2CCCCC2)cc1. The Hall–Kier alpha value is -1.40. The fourth-order valence-electron chi connectivity index (χ4n) is 2.57. The number of carbonyl (C=O) groups excluding carboxylic acids is 1. The van der Waals surface area contributed by atoms with E-state index < -0.39 is 10.0 Å². The maximum absolute atomic E-state index is 12.1. The molecule has 0 atom stereocenters. The molecule has 2 rings (SSSR count). The van der Waals surface area contributed by atoms with Crippen LogP contribution in [0.5, 0.6) is 0 Å². The minimum atomic E-state index is -3.46. The lowest BCUT2D eigenvalue weighted by Crippen LogP contribution is -2.36. The summed E-state index contributed by atoms with van der Waals surface area (Å²) in [4.78, 5) is 12.3. The highest BCUT2D eigenvalue weighted by atomic mass is 32.2. The van der Waals surface area contributed by atoms with E-state index in [1.54, 1.807) is 19.1 Å². The van der Waals surface area contributed by atoms with Gasteiger partial charge in [0, 0.05) is 18.2 Å². The van der Waals surface area contributed by atoms with Gasteiger partial charge in [-0.05, 0) is 37.1 Å². The average molecular weight is 310 g/mol. The molecular formula is C15H22N2O3S. The number of carbonyl (C=O) groups is 1. The molecule has 1 aromatic rings. The van der Waals surface area contributed by atoms with Gasteiger partial charge in [0.05, 0.1) is 4.90 Å². The van der Waals surface area contributed by atoms with Crippen LogP contribution in [0.1, 0.15) is 49.4 Å². The third kappa shape index (κ3) is 4.28. The molecule has 0 saturated heterocycles. The summed E-state index contributed by atoms with van der Waals surface area (Å²) in [5.74, 6) is -0.130. The summed E-state index contributed by atoms with van der Waals surface area (Å²) >= 11 is 0. The van der Waals surface area contributed by atoms with Crippen molar-refractivity contribution in [3.8, 4) is 0 Å². The minimum absolute atomic E-state index is 0.130. The Morgan fingerprint density at radius 2 is 1.76 bits per heavy atom. The number of nitrogens with one attached hydrogen (secondary N) is 2. The first-order valence-corrected chi connectivity index (χ1v) is 8.92. The number of hydrogen-bond acceptors (Lipinski definition) is 3. The lowest BCUT2D eigenvalue weighted by molar-refractivity contribution is 0.0927. The first-order valence-electron chi connectivity index (χ1n) is 7.43. The fourth-order valence-corrected chi connectivity index (χ4v) is 3.62. The number of benzene rings is 1. The van der Waals surface area contributed by atoms with Gasteiger partial charge in [-0.3, -0.25) is 4.79 Å². The lowest BCUT2D eigenvalue weighted by Gasteiger charge is -2.22. The van der Waals surface area contributed by atoms with Crippen molar-refractivity contribution in [2.45, 2.75) is 50.0 Å². The van der Waals surface area contributed by atoms with Crippen molar-refractivity contribution in [3.63, 3.8) is 0 Å². The van der Waals surface area contributed by atoms with Crippen LogP contribution >= 0.6 is 0 Å². The van der Waals surface area contributed by atoms with Crippen molar-refractivity contribution in [2.24, 2.45) is 0 Å². The molecule has 1 aliphatic carbocycles. The Bertz CT molecular complexity index is 575. The Balaban J connectivity index is 2.02. The van der Waals surface area contributed by atoms with E-state index in [0.717, 1.165) is 25.7 Å². The van der Waals surface area contributed by atoms with Gasteiger partial charge in [-0.25, -0.2) is 13.1 Å². The van der Waals surface area contributed by atoms with Crippen LogP contribution in [0.4, 0.5) is 0 Å². The second kappa shape index (κ2) is 7.04. The molecule has 0 heterocycles. The van der Waals surface area contributed by atoms with E-state index in [0.29, 0.717) is 12.1 Å². The molecule has 1 saturated carbocycles. The normalized spacial score (nSPS) is 16.6. The Morgan fingerprint density at radius 3 is 2.33 bits per heavy atom. The monoisotopic (exact) mass is 310 g/mol. The highest BCUT2D eigenvalue weighted by Gasteiger charge is 2.17. The molecule has 1 aromatic carbocycles. The van der Waals surface area contributed by atoms with Gasteiger partial charge in [-0.15, -0.1) is 0 Å². The summed E-state index contributed by atoms with van der Waals surface area (Å²) < 4.78 is 26.1. The quantitative estimate of drug-likeness (QED) is 0.874. The summed E-state index contributed by atoms with van der Waals surface area (Å²) in [6.45, 7) is 2.07. The number of rotatable bonds is 5. The smallest absolute Gasteiger partial charge is 0.251 e. The van der Waals surface area contributed by atoms with Crippen molar-refractivity contribution in [3.05, 3.63) is 29.8 Å². The third-order valence-electron chi connectivity index (χ3n) is 3.70. The van der Waals surface area contributed by atoms with Gasteiger partial charge in [-0.2, -0.15) is 0 Å². The van der Waals surface area contributed by atoms with Gasteiger partial charge in [0.15, 0.2) is 0 Å². The second-order valence-electron chi connectivity index (χ2n) is 5.33. The van der Waals surface area contributed by atoms with Gasteiger partial charge in [0.25, 0.3) is 5.91 Å². The molecule has 5 nitrogen and oxygen atoms in total. The zero-order valence-corrected chi connectivity index (χ0v) is 13.1. The van der Waals surface area contributed by atoms with Gasteiger partial charge in [-0.1, -0.05) is 26.2 Å². The van der Waals surface area contributed by atoms with Crippen LogP contribution in [-0.2, 0) is 10.0 Å². The predicted octanol–water partition coefficient (Wildman–Crippen LogP) is 2.05. The first-order chi connectivity index (χ1) is 10.0. The van der Waals surface area contributed by atoms with Crippen LogP contribution in [0, 0.1) is 0 Å². The summed E-state index contributed by atoms with van der Waals surface area (Å²) in [7, 11) is -3.46. The van der Waals surface area contributed by atoms with Crippen LogP contribution in [0.15, 0.2) is 29.2 Å². The molecule has 6 heteroatoms.